The molecule has 0 radical (unpaired) electrons. The predicted molar refractivity (Wildman–Crippen MR) is 121 cm³/mol. The van der Waals surface area contributed by atoms with Crippen molar-refractivity contribution < 1.29 is 0 Å². The van der Waals surface area contributed by atoms with Crippen molar-refractivity contribution in [2.75, 3.05) is 5.73 Å². The summed E-state index contributed by atoms with van der Waals surface area (Å²) in [6, 6.07) is 16.6. The van der Waals surface area contributed by atoms with Crippen LogP contribution in [0.1, 0.15) is 5.69 Å². The number of halogens is 1. The van der Waals surface area contributed by atoms with E-state index in [0.29, 0.717) is 27.6 Å². The van der Waals surface area contributed by atoms with Crippen molar-refractivity contribution in [1.82, 2.24) is 19.3 Å². The van der Waals surface area contributed by atoms with Crippen molar-refractivity contribution in [2.45, 2.75) is 6.92 Å². The third kappa shape index (κ3) is 2.84. The third-order valence-corrected chi connectivity index (χ3v) is 5.45. The maximum absolute atomic E-state index is 13.7. The standard InChI is InChI=1S/C23H18ClN5O/c1-13-3-9-18-21(25)20(14-4-10-19-15(11-14)12-28(2)27-19)23(30)29(22(18)26-13)17-7-5-16(24)6-8-17/h3-12H,25H2,1-2H3. The van der Waals surface area contributed by atoms with Crippen LogP contribution in [0.4, 0.5) is 5.69 Å². The van der Waals surface area contributed by atoms with Crippen LogP contribution in [0.5, 0.6) is 0 Å². The van der Waals surface area contributed by atoms with Gasteiger partial charge in [0, 0.05) is 34.7 Å². The van der Waals surface area contributed by atoms with Gasteiger partial charge in [0.05, 0.1) is 22.5 Å². The van der Waals surface area contributed by atoms with E-state index < -0.39 is 0 Å². The van der Waals surface area contributed by atoms with Gasteiger partial charge in [-0.15, -0.1) is 0 Å². The first-order valence-corrected chi connectivity index (χ1v) is 9.82. The summed E-state index contributed by atoms with van der Waals surface area (Å²) in [5, 5.41) is 6.66. The molecule has 0 amide bonds. The van der Waals surface area contributed by atoms with Gasteiger partial charge in [-0.25, -0.2) is 4.98 Å². The summed E-state index contributed by atoms with van der Waals surface area (Å²) in [5.74, 6) is 0. The van der Waals surface area contributed by atoms with Gasteiger partial charge in [0.15, 0.2) is 0 Å². The Hall–Kier alpha value is -3.64. The smallest absolute Gasteiger partial charge is 0.266 e. The number of aryl methyl sites for hydroxylation is 2. The van der Waals surface area contributed by atoms with Gasteiger partial charge in [-0.2, -0.15) is 5.10 Å². The van der Waals surface area contributed by atoms with Gasteiger partial charge in [-0.05, 0) is 61.0 Å². The quantitative estimate of drug-likeness (QED) is 0.461. The van der Waals surface area contributed by atoms with Crippen LogP contribution in [0.25, 0.3) is 38.8 Å². The number of benzene rings is 2. The molecule has 3 aromatic heterocycles. The molecule has 148 valence electrons. The Balaban J connectivity index is 1.89. The molecular weight excluding hydrogens is 398 g/mol. The van der Waals surface area contributed by atoms with Gasteiger partial charge < -0.3 is 5.73 Å². The second kappa shape index (κ2) is 6.71. The lowest BCUT2D eigenvalue weighted by atomic mass is 10.0. The Morgan fingerprint density at radius 3 is 2.57 bits per heavy atom. The van der Waals surface area contributed by atoms with E-state index in [9.17, 15) is 4.79 Å². The predicted octanol–water partition coefficient (Wildman–Crippen LogP) is 4.48. The molecule has 0 bridgehead atoms. The summed E-state index contributed by atoms with van der Waals surface area (Å²) in [4.78, 5) is 18.4. The largest absolute Gasteiger partial charge is 0.397 e. The minimum absolute atomic E-state index is 0.233. The van der Waals surface area contributed by atoms with Gasteiger partial charge in [-0.3, -0.25) is 14.0 Å². The normalized spacial score (nSPS) is 11.4. The summed E-state index contributed by atoms with van der Waals surface area (Å²) in [6.45, 7) is 1.89. The summed E-state index contributed by atoms with van der Waals surface area (Å²) in [5.41, 5.74) is 10.7. The van der Waals surface area contributed by atoms with Crippen molar-refractivity contribution in [2.24, 2.45) is 7.05 Å². The van der Waals surface area contributed by atoms with Crippen molar-refractivity contribution in [3.8, 4) is 16.8 Å². The molecule has 0 saturated heterocycles. The second-order valence-electron chi connectivity index (χ2n) is 7.31. The molecular formula is C23H18ClN5O. The number of rotatable bonds is 2. The molecule has 2 aromatic carbocycles. The number of anilines is 1. The van der Waals surface area contributed by atoms with Crippen LogP contribution in [0, 0.1) is 6.92 Å². The van der Waals surface area contributed by atoms with Gasteiger partial charge >= 0.3 is 0 Å². The van der Waals surface area contributed by atoms with Crippen molar-refractivity contribution in [3.05, 3.63) is 81.9 Å². The van der Waals surface area contributed by atoms with Crippen LogP contribution in [0.3, 0.4) is 0 Å². The summed E-state index contributed by atoms with van der Waals surface area (Å²) < 4.78 is 3.34. The summed E-state index contributed by atoms with van der Waals surface area (Å²) >= 11 is 6.06. The molecule has 6 nitrogen and oxygen atoms in total. The first-order chi connectivity index (χ1) is 14.4. The Morgan fingerprint density at radius 2 is 1.80 bits per heavy atom. The Kier molecular flexibility index (Phi) is 4.11. The molecule has 0 aliphatic carbocycles. The van der Waals surface area contributed by atoms with Crippen molar-refractivity contribution in [1.29, 1.82) is 0 Å². The van der Waals surface area contributed by atoms with E-state index in [-0.39, 0.29) is 5.56 Å². The molecule has 7 heteroatoms. The maximum Gasteiger partial charge on any atom is 0.266 e. The van der Waals surface area contributed by atoms with Crippen LogP contribution in [0.15, 0.2) is 65.6 Å². The van der Waals surface area contributed by atoms with Crippen molar-refractivity contribution >= 4 is 39.2 Å². The number of aromatic nitrogens is 4. The first kappa shape index (κ1) is 18.4. The fourth-order valence-corrected chi connectivity index (χ4v) is 3.92. The molecule has 3 heterocycles. The SMILES string of the molecule is Cc1ccc2c(N)c(-c3ccc4nn(C)cc4c3)c(=O)n(-c3ccc(Cl)cc3)c2n1. The van der Waals surface area contributed by atoms with Gasteiger partial charge in [-0.1, -0.05) is 17.7 Å². The number of hydrogen-bond donors (Lipinski definition) is 1. The van der Waals surface area contributed by atoms with E-state index in [4.69, 9.17) is 17.3 Å². The number of pyridine rings is 2. The zero-order chi connectivity index (χ0) is 21.0. The lowest BCUT2D eigenvalue weighted by molar-refractivity contribution is 0.780. The van der Waals surface area contributed by atoms with Crippen LogP contribution in [-0.4, -0.2) is 19.3 Å². The second-order valence-corrected chi connectivity index (χ2v) is 7.74. The van der Waals surface area contributed by atoms with E-state index >= 15 is 0 Å². The van der Waals surface area contributed by atoms with Crippen LogP contribution < -0.4 is 11.3 Å². The molecule has 0 spiro atoms. The van der Waals surface area contributed by atoms with E-state index in [1.165, 1.54) is 0 Å². The molecule has 0 aliphatic rings. The van der Waals surface area contributed by atoms with E-state index in [2.05, 4.69) is 10.1 Å². The zero-order valence-corrected chi connectivity index (χ0v) is 17.2. The highest BCUT2D eigenvalue weighted by Crippen LogP contribution is 2.32. The molecule has 30 heavy (non-hydrogen) atoms. The highest BCUT2D eigenvalue weighted by Gasteiger charge is 2.19. The molecule has 5 aromatic rings. The average molecular weight is 416 g/mol. The molecule has 0 fully saturated rings. The maximum atomic E-state index is 13.7. The third-order valence-electron chi connectivity index (χ3n) is 5.20. The molecule has 0 atom stereocenters. The lowest BCUT2D eigenvalue weighted by Crippen LogP contribution is -2.23. The Labute approximate surface area is 177 Å². The molecule has 0 saturated carbocycles. The fraction of sp³-hybridized carbons (Fsp3) is 0.0870. The van der Waals surface area contributed by atoms with Crippen molar-refractivity contribution in [3.63, 3.8) is 0 Å². The number of nitrogens with zero attached hydrogens (tertiary/aromatic N) is 4. The number of hydrogen-bond acceptors (Lipinski definition) is 4. The Morgan fingerprint density at radius 1 is 1.03 bits per heavy atom. The molecule has 2 N–H and O–H groups in total. The monoisotopic (exact) mass is 415 g/mol. The van der Waals surface area contributed by atoms with Gasteiger partial charge in [0.2, 0.25) is 0 Å². The topological polar surface area (TPSA) is 78.7 Å². The summed E-state index contributed by atoms with van der Waals surface area (Å²) in [7, 11) is 1.87. The van der Waals surface area contributed by atoms with Crippen LogP contribution in [0.2, 0.25) is 5.02 Å². The van der Waals surface area contributed by atoms with E-state index in [1.807, 2.05) is 50.5 Å². The Bertz CT molecular complexity index is 1500. The summed E-state index contributed by atoms with van der Waals surface area (Å²) in [6.07, 6.45) is 1.92. The van der Waals surface area contributed by atoms with Gasteiger partial charge in [0.25, 0.3) is 5.56 Å². The van der Waals surface area contributed by atoms with E-state index in [0.717, 1.165) is 27.5 Å². The van der Waals surface area contributed by atoms with Crippen LogP contribution in [-0.2, 0) is 7.05 Å². The minimum atomic E-state index is -0.233. The van der Waals surface area contributed by atoms with E-state index in [1.54, 1.807) is 33.5 Å². The number of fused-ring (bicyclic) bond motifs is 2. The number of nitrogen functional groups attached to an aromatic ring is 1. The highest BCUT2D eigenvalue weighted by molar-refractivity contribution is 6.30. The van der Waals surface area contributed by atoms with Gasteiger partial charge in [0.1, 0.15) is 5.65 Å². The lowest BCUT2D eigenvalue weighted by Gasteiger charge is -2.16. The molecule has 5 rings (SSSR count). The first-order valence-electron chi connectivity index (χ1n) is 9.44. The molecule has 0 aliphatic heterocycles. The zero-order valence-electron chi connectivity index (χ0n) is 16.4. The molecule has 0 unspecified atom stereocenters. The van der Waals surface area contributed by atoms with Crippen LogP contribution >= 0.6 is 11.6 Å². The minimum Gasteiger partial charge on any atom is -0.397 e. The fourth-order valence-electron chi connectivity index (χ4n) is 3.79. The highest BCUT2D eigenvalue weighted by atomic mass is 35.5. The number of nitrogens with two attached hydrogens (primary N) is 1. The average Bonchev–Trinajstić information content (AvgIpc) is 3.08.